The molecule has 0 N–H and O–H groups in total. The number of aryl methyl sites for hydroxylation is 1. The molecule has 5 aromatic carbocycles. The molecule has 9 rings (SSSR count). The number of ether oxygens (including phenoxy) is 4. The second-order valence-electron chi connectivity index (χ2n) is 13.6. The number of rotatable bonds is 7. The number of allylic oxidation sites excluding steroid dienone is 1. The molecule has 2 heterocycles. The van der Waals surface area contributed by atoms with Crippen molar-refractivity contribution in [3.63, 3.8) is 0 Å². The molecule has 0 saturated carbocycles. The summed E-state index contributed by atoms with van der Waals surface area (Å²) in [4.78, 5) is 0. The molecule has 0 spiro atoms. The Hall–Kier alpha value is -5.42. The zero-order valence-corrected chi connectivity index (χ0v) is 29.2. The third-order valence-corrected chi connectivity index (χ3v) is 11.5. The highest BCUT2D eigenvalue weighted by Crippen LogP contribution is 2.61. The number of methoxy groups -OCH3 is 3. The molecular formula is C45H40O5. The summed E-state index contributed by atoms with van der Waals surface area (Å²) in [6.07, 6.45) is 12.8. The van der Waals surface area contributed by atoms with Gasteiger partial charge in [0.05, 0.1) is 21.3 Å². The molecule has 5 nitrogen and oxygen atoms in total. The molecule has 2 aliphatic carbocycles. The topological polar surface area (TPSA) is 50.1 Å². The average molecular weight is 661 g/mol. The van der Waals surface area contributed by atoms with Gasteiger partial charge in [0.15, 0.2) is 17.1 Å². The van der Waals surface area contributed by atoms with Crippen LogP contribution in [0.5, 0.6) is 23.0 Å². The quantitative estimate of drug-likeness (QED) is 0.171. The van der Waals surface area contributed by atoms with E-state index in [4.69, 9.17) is 23.4 Å². The van der Waals surface area contributed by atoms with Gasteiger partial charge in [-0.05, 0) is 102 Å². The van der Waals surface area contributed by atoms with E-state index in [1.54, 1.807) is 21.3 Å². The van der Waals surface area contributed by atoms with Crippen LogP contribution in [0.4, 0.5) is 0 Å². The van der Waals surface area contributed by atoms with Gasteiger partial charge in [0, 0.05) is 38.4 Å². The monoisotopic (exact) mass is 660 g/mol. The fourth-order valence-corrected chi connectivity index (χ4v) is 9.01. The van der Waals surface area contributed by atoms with Crippen LogP contribution in [0.1, 0.15) is 72.3 Å². The van der Waals surface area contributed by atoms with Crippen molar-refractivity contribution in [2.45, 2.75) is 50.5 Å². The third kappa shape index (κ3) is 4.06. The minimum absolute atomic E-state index is 0.173. The van der Waals surface area contributed by atoms with Crippen LogP contribution in [0.15, 0.2) is 95.4 Å². The molecule has 6 aromatic rings. The van der Waals surface area contributed by atoms with E-state index in [2.05, 4.69) is 105 Å². The predicted octanol–water partition coefficient (Wildman–Crippen LogP) is 11.0. The van der Waals surface area contributed by atoms with Gasteiger partial charge in [0.1, 0.15) is 22.8 Å². The first-order valence-electron chi connectivity index (χ1n) is 17.6. The van der Waals surface area contributed by atoms with Crippen molar-refractivity contribution in [2.75, 3.05) is 21.3 Å². The summed E-state index contributed by atoms with van der Waals surface area (Å²) in [5.41, 5.74) is 9.41. The highest BCUT2D eigenvalue weighted by atomic mass is 16.5. The van der Waals surface area contributed by atoms with Crippen molar-refractivity contribution in [3.8, 4) is 34.1 Å². The van der Waals surface area contributed by atoms with E-state index in [1.165, 1.54) is 27.8 Å². The van der Waals surface area contributed by atoms with E-state index < -0.39 is 5.60 Å². The first kappa shape index (κ1) is 30.6. The van der Waals surface area contributed by atoms with Crippen molar-refractivity contribution in [1.82, 2.24) is 0 Å². The van der Waals surface area contributed by atoms with Gasteiger partial charge in [-0.2, -0.15) is 0 Å². The predicted molar refractivity (Wildman–Crippen MR) is 201 cm³/mol. The molecule has 1 aliphatic heterocycles. The minimum atomic E-state index is -0.941. The fourth-order valence-electron chi connectivity index (χ4n) is 9.01. The normalized spacial score (nSPS) is 17.9. The lowest BCUT2D eigenvalue weighted by molar-refractivity contribution is 0.163. The van der Waals surface area contributed by atoms with Gasteiger partial charge in [-0.1, -0.05) is 68.5 Å². The summed E-state index contributed by atoms with van der Waals surface area (Å²) < 4.78 is 31.4. The van der Waals surface area contributed by atoms with Crippen molar-refractivity contribution in [1.29, 1.82) is 0 Å². The van der Waals surface area contributed by atoms with Gasteiger partial charge in [-0.25, -0.2) is 0 Å². The lowest BCUT2D eigenvalue weighted by Gasteiger charge is -2.39. The van der Waals surface area contributed by atoms with Gasteiger partial charge in [0.25, 0.3) is 0 Å². The largest absolute Gasteiger partial charge is 0.497 e. The average Bonchev–Trinajstić information content (AvgIpc) is 3.70. The Bertz CT molecular complexity index is 2390. The number of furan rings is 1. The summed E-state index contributed by atoms with van der Waals surface area (Å²) in [5, 5.41) is 3.22. The van der Waals surface area contributed by atoms with E-state index in [9.17, 15) is 0 Å². The molecule has 50 heavy (non-hydrogen) atoms. The number of hydrogen-bond donors (Lipinski definition) is 0. The van der Waals surface area contributed by atoms with Crippen LogP contribution in [0.3, 0.4) is 0 Å². The summed E-state index contributed by atoms with van der Waals surface area (Å²) >= 11 is 0. The molecule has 0 fully saturated rings. The summed E-state index contributed by atoms with van der Waals surface area (Å²) in [7, 11) is 5.09. The Morgan fingerprint density at radius 2 is 1.48 bits per heavy atom. The van der Waals surface area contributed by atoms with Gasteiger partial charge >= 0.3 is 0 Å². The molecule has 250 valence electrons. The summed E-state index contributed by atoms with van der Waals surface area (Å²) in [6, 6.07) is 27.9. The molecular weight excluding hydrogens is 620 g/mol. The SMILES string of the molecule is CCC1(CC)c2ccccc2-c2c1c1c(c3cc(OC)c(OC)cc23)OC(c2ccc(OC)cc2)(c2ccc3oc4c(c3c2)CCC=C4)C=C1. The van der Waals surface area contributed by atoms with Gasteiger partial charge in [0.2, 0.25) is 0 Å². The molecule has 1 aromatic heterocycles. The Morgan fingerprint density at radius 3 is 2.22 bits per heavy atom. The molecule has 0 saturated heterocycles. The van der Waals surface area contributed by atoms with Crippen molar-refractivity contribution in [2.24, 2.45) is 0 Å². The molecule has 0 radical (unpaired) electrons. The maximum Gasteiger partial charge on any atom is 0.178 e. The third-order valence-electron chi connectivity index (χ3n) is 11.5. The van der Waals surface area contributed by atoms with Crippen LogP contribution in [-0.2, 0) is 17.4 Å². The van der Waals surface area contributed by atoms with Gasteiger partial charge in [-0.3, -0.25) is 0 Å². The summed E-state index contributed by atoms with van der Waals surface area (Å²) in [6.45, 7) is 4.62. The molecule has 5 heteroatoms. The number of fused-ring (bicyclic) bond motifs is 11. The molecule has 0 amide bonds. The highest BCUT2D eigenvalue weighted by Gasteiger charge is 2.47. The van der Waals surface area contributed by atoms with Crippen LogP contribution < -0.4 is 18.9 Å². The minimum Gasteiger partial charge on any atom is -0.497 e. The molecule has 1 atom stereocenters. The van der Waals surface area contributed by atoms with Crippen LogP contribution >= 0.6 is 0 Å². The smallest absolute Gasteiger partial charge is 0.178 e. The van der Waals surface area contributed by atoms with Gasteiger partial charge in [-0.15, -0.1) is 0 Å². The molecule has 1 unspecified atom stereocenters. The van der Waals surface area contributed by atoms with E-state index in [1.807, 2.05) is 12.1 Å². The fraction of sp³-hybridized carbons (Fsp3) is 0.244. The zero-order chi connectivity index (χ0) is 34.2. The van der Waals surface area contributed by atoms with E-state index >= 15 is 0 Å². The Morgan fingerprint density at radius 1 is 0.740 bits per heavy atom. The number of benzene rings is 5. The number of hydrogen-bond acceptors (Lipinski definition) is 5. The van der Waals surface area contributed by atoms with Crippen molar-refractivity contribution in [3.05, 3.63) is 130 Å². The van der Waals surface area contributed by atoms with Crippen LogP contribution in [-0.4, -0.2) is 21.3 Å². The maximum absolute atomic E-state index is 7.66. The van der Waals surface area contributed by atoms with E-state index in [0.717, 1.165) is 81.4 Å². The van der Waals surface area contributed by atoms with E-state index in [0.29, 0.717) is 11.5 Å². The van der Waals surface area contributed by atoms with Gasteiger partial charge < -0.3 is 23.4 Å². The highest BCUT2D eigenvalue weighted by molar-refractivity contribution is 6.09. The molecule has 3 aliphatic rings. The van der Waals surface area contributed by atoms with E-state index in [-0.39, 0.29) is 5.41 Å². The maximum atomic E-state index is 7.66. The van der Waals surface area contributed by atoms with Crippen molar-refractivity contribution >= 4 is 33.9 Å². The lowest BCUT2D eigenvalue weighted by Crippen LogP contribution is -2.35. The van der Waals surface area contributed by atoms with Crippen LogP contribution in [0.2, 0.25) is 0 Å². The summed E-state index contributed by atoms with van der Waals surface area (Å²) in [5.74, 6) is 3.95. The van der Waals surface area contributed by atoms with Crippen LogP contribution in [0, 0.1) is 0 Å². The zero-order valence-electron chi connectivity index (χ0n) is 29.2. The second-order valence-corrected chi connectivity index (χ2v) is 13.6. The lowest BCUT2D eigenvalue weighted by atomic mass is 9.71. The Kier molecular flexibility index (Phi) is 6.93. The molecule has 0 bridgehead atoms. The second kappa shape index (κ2) is 11.3. The Balaban J connectivity index is 1.37. The standard InChI is InChI=1S/C45H40O5/c1-6-44(7-2)36-14-10-8-13-31(36)41-34-25-39(47-4)40(48-5)26-35(34)43-32(42(41)44)22-23-45(50-43,27-16-19-29(46-3)20-17-27)28-18-21-38-33(24-28)30-12-9-11-15-37(30)49-38/h8,10-11,13-26H,6-7,9,12H2,1-5H3. The van der Waals surface area contributed by atoms with Crippen LogP contribution in [0.25, 0.3) is 45.0 Å². The first-order valence-corrected chi connectivity index (χ1v) is 17.6. The first-order chi connectivity index (χ1) is 24.5. The Labute approximate surface area is 292 Å². The van der Waals surface area contributed by atoms with Crippen molar-refractivity contribution < 1.29 is 23.4 Å².